The summed E-state index contributed by atoms with van der Waals surface area (Å²) in [4.78, 5) is 14.3. The number of carbonyl (C=O) groups excluding carboxylic acids is 1. The Morgan fingerprint density at radius 3 is 2.35 bits per heavy atom. The molecule has 0 fully saturated rings. The van der Waals surface area contributed by atoms with E-state index in [4.69, 9.17) is 11.6 Å². The van der Waals surface area contributed by atoms with Crippen LogP contribution in [0.1, 0.15) is 25.0 Å². The van der Waals surface area contributed by atoms with Crippen molar-refractivity contribution in [2.75, 3.05) is 23.3 Å². The number of hydrogen-bond acceptors (Lipinski definition) is 2. The molecule has 0 saturated carbocycles. The maximum atomic E-state index is 12.0. The fourth-order valence-corrected chi connectivity index (χ4v) is 2.65. The van der Waals surface area contributed by atoms with Crippen LogP contribution in [0.15, 0.2) is 48.7 Å². The van der Waals surface area contributed by atoms with E-state index < -0.39 is 0 Å². The summed E-state index contributed by atoms with van der Waals surface area (Å²) in [6.45, 7) is 8.17. The highest BCUT2D eigenvalue weighted by atomic mass is 35.5. The van der Waals surface area contributed by atoms with E-state index in [2.05, 4.69) is 35.4 Å². The van der Waals surface area contributed by atoms with Crippen LogP contribution in [-0.2, 0) is 0 Å². The van der Waals surface area contributed by atoms with Crippen molar-refractivity contribution in [3.05, 3.63) is 64.8 Å². The number of benzene rings is 2. The molecule has 0 aliphatic carbocycles. The molecule has 0 heterocycles. The Labute approximate surface area is 166 Å². The molecular formula is C20H24Cl2N3O-. The number of nitrogens with zero attached hydrogens (tertiary/aromatic N) is 1. The molecule has 140 valence electrons. The summed E-state index contributed by atoms with van der Waals surface area (Å²) >= 11 is 5.84. The molecule has 0 aromatic heterocycles. The van der Waals surface area contributed by atoms with E-state index in [1.165, 1.54) is 0 Å². The van der Waals surface area contributed by atoms with Gasteiger partial charge >= 0.3 is 6.03 Å². The van der Waals surface area contributed by atoms with Crippen molar-refractivity contribution < 1.29 is 17.2 Å². The molecule has 0 spiro atoms. The average molecular weight is 393 g/mol. The molecule has 4 nitrogen and oxygen atoms in total. The van der Waals surface area contributed by atoms with E-state index in [-0.39, 0.29) is 18.4 Å². The molecule has 0 radical (unpaired) electrons. The van der Waals surface area contributed by atoms with E-state index in [9.17, 15) is 4.79 Å². The van der Waals surface area contributed by atoms with E-state index in [0.717, 1.165) is 35.6 Å². The van der Waals surface area contributed by atoms with E-state index >= 15 is 0 Å². The Kier molecular flexibility index (Phi) is 9.03. The first-order valence-corrected chi connectivity index (χ1v) is 8.76. The number of hydrogen-bond donors (Lipinski definition) is 2. The van der Waals surface area contributed by atoms with Gasteiger partial charge in [0.25, 0.3) is 0 Å². The quantitative estimate of drug-likeness (QED) is 0.791. The van der Waals surface area contributed by atoms with Crippen molar-refractivity contribution in [2.24, 2.45) is 0 Å². The number of aryl methyl sites for hydroxylation is 1. The summed E-state index contributed by atoms with van der Waals surface area (Å²) in [5.74, 6) is 0. The third-order valence-electron chi connectivity index (χ3n) is 3.95. The van der Waals surface area contributed by atoms with Crippen molar-refractivity contribution in [3.8, 4) is 0 Å². The predicted molar refractivity (Wildman–Crippen MR) is 107 cm³/mol. The molecule has 2 N–H and O–H groups in total. The van der Waals surface area contributed by atoms with Crippen LogP contribution in [0.3, 0.4) is 0 Å². The van der Waals surface area contributed by atoms with Crippen LogP contribution in [0.5, 0.6) is 0 Å². The molecule has 26 heavy (non-hydrogen) atoms. The topological polar surface area (TPSA) is 44.4 Å². The number of urea groups is 1. The highest BCUT2D eigenvalue weighted by Crippen LogP contribution is 2.22. The first-order chi connectivity index (χ1) is 12.0. The first kappa shape index (κ1) is 21.9. The van der Waals surface area contributed by atoms with Gasteiger partial charge < -0.3 is 27.9 Å². The van der Waals surface area contributed by atoms with Crippen molar-refractivity contribution in [2.45, 2.75) is 20.8 Å². The lowest BCUT2D eigenvalue weighted by Crippen LogP contribution is -3.00. The molecule has 2 rings (SSSR count). The van der Waals surface area contributed by atoms with Gasteiger partial charge in [-0.25, -0.2) is 4.79 Å². The molecule has 2 amide bonds. The standard InChI is InChI=1S/C20H24ClN3O.ClH/c1-4-24(5-2)18-10-11-19(15(3)14-18)23-20(25)22-13-12-16-6-8-17(21)9-7-16;/h6-14H,4-5H2,1-3H3,(H2,22,23,25);1H/p-1/b13-12+;. The second kappa shape index (κ2) is 10.7. The van der Waals surface area contributed by atoms with Crippen LogP contribution >= 0.6 is 11.6 Å². The zero-order valence-corrected chi connectivity index (χ0v) is 16.7. The van der Waals surface area contributed by atoms with Gasteiger partial charge in [-0.3, -0.25) is 0 Å². The summed E-state index contributed by atoms with van der Waals surface area (Å²) in [6, 6.07) is 13.2. The Balaban J connectivity index is 0.00000338. The van der Waals surface area contributed by atoms with Gasteiger partial charge in [-0.15, -0.1) is 0 Å². The highest BCUT2D eigenvalue weighted by Gasteiger charge is 2.07. The zero-order chi connectivity index (χ0) is 18.2. The van der Waals surface area contributed by atoms with Gasteiger partial charge in [-0.2, -0.15) is 0 Å². The van der Waals surface area contributed by atoms with Crippen molar-refractivity contribution in [3.63, 3.8) is 0 Å². The van der Waals surface area contributed by atoms with Crippen LogP contribution in [-0.4, -0.2) is 19.1 Å². The molecule has 0 bridgehead atoms. The van der Waals surface area contributed by atoms with Gasteiger partial charge in [-0.05, 0) is 68.3 Å². The van der Waals surface area contributed by atoms with Gasteiger partial charge in [-0.1, -0.05) is 23.7 Å². The number of anilines is 2. The minimum Gasteiger partial charge on any atom is -1.00 e. The van der Waals surface area contributed by atoms with Gasteiger partial charge in [0, 0.05) is 35.7 Å². The lowest BCUT2D eigenvalue weighted by atomic mass is 10.1. The maximum absolute atomic E-state index is 12.0. The maximum Gasteiger partial charge on any atom is 0.323 e. The summed E-state index contributed by atoms with van der Waals surface area (Å²) < 4.78 is 0. The minimum absolute atomic E-state index is 0. The highest BCUT2D eigenvalue weighted by molar-refractivity contribution is 6.30. The number of rotatable bonds is 6. The lowest BCUT2D eigenvalue weighted by Gasteiger charge is -2.22. The summed E-state index contributed by atoms with van der Waals surface area (Å²) in [7, 11) is 0. The van der Waals surface area contributed by atoms with E-state index in [1.807, 2.05) is 49.4 Å². The Morgan fingerprint density at radius 2 is 1.77 bits per heavy atom. The SMILES string of the molecule is CCN(CC)c1ccc(NC(=O)N/C=C/c2ccc(Cl)cc2)c(C)c1.[Cl-]. The Morgan fingerprint density at radius 1 is 1.12 bits per heavy atom. The fourth-order valence-electron chi connectivity index (χ4n) is 2.52. The lowest BCUT2D eigenvalue weighted by molar-refractivity contribution is -0.00000817. The number of nitrogens with one attached hydrogen (secondary N) is 2. The third-order valence-corrected chi connectivity index (χ3v) is 4.20. The minimum atomic E-state index is -0.274. The van der Waals surface area contributed by atoms with Crippen molar-refractivity contribution in [1.82, 2.24) is 5.32 Å². The largest absolute Gasteiger partial charge is 1.00 e. The summed E-state index contributed by atoms with van der Waals surface area (Å²) in [5, 5.41) is 6.26. The molecule has 2 aromatic rings. The van der Waals surface area contributed by atoms with Crippen LogP contribution in [0, 0.1) is 6.92 Å². The number of carbonyl (C=O) groups is 1. The molecule has 0 saturated heterocycles. The van der Waals surface area contributed by atoms with Gasteiger partial charge in [0.1, 0.15) is 0 Å². The fraction of sp³-hybridized carbons (Fsp3) is 0.250. The Hall–Kier alpha value is -2.17. The van der Waals surface area contributed by atoms with E-state index in [0.29, 0.717) is 5.02 Å². The predicted octanol–water partition coefficient (Wildman–Crippen LogP) is 2.29. The molecular weight excluding hydrogens is 369 g/mol. The van der Waals surface area contributed by atoms with Crippen molar-refractivity contribution in [1.29, 1.82) is 0 Å². The van der Waals surface area contributed by atoms with E-state index in [1.54, 1.807) is 6.20 Å². The molecule has 2 aromatic carbocycles. The zero-order valence-electron chi connectivity index (χ0n) is 15.2. The second-order valence-electron chi connectivity index (χ2n) is 5.65. The Bertz CT molecular complexity index is 741. The summed E-state index contributed by atoms with van der Waals surface area (Å²) in [6.07, 6.45) is 3.42. The van der Waals surface area contributed by atoms with Crippen LogP contribution < -0.4 is 27.9 Å². The van der Waals surface area contributed by atoms with Gasteiger partial charge in [0.05, 0.1) is 0 Å². The van der Waals surface area contributed by atoms with Crippen LogP contribution in [0.4, 0.5) is 16.2 Å². The number of halogens is 2. The molecule has 0 atom stereocenters. The van der Waals surface area contributed by atoms with Crippen LogP contribution in [0.2, 0.25) is 5.02 Å². The monoisotopic (exact) mass is 392 g/mol. The summed E-state index contributed by atoms with van der Waals surface area (Å²) in [5.41, 5.74) is 3.95. The van der Waals surface area contributed by atoms with Gasteiger partial charge in [0.2, 0.25) is 0 Å². The first-order valence-electron chi connectivity index (χ1n) is 8.38. The second-order valence-corrected chi connectivity index (χ2v) is 6.09. The van der Waals surface area contributed by atoms with Crippen LogP contribution in [0.25, 0.3) is 6.08 Å². The molecule has 0 aliphatic heterocycles. The average Bonchev–Trinajstić information content (AvgIpc) is 2.60. The molecule has 0 unspecified atom stereocenters. The normalized spacial score (nSPS) is 10.3. The molecule has 0 aliphatic rings. The third kappa shape index (κ3) is 6.28. The van der Waals surface area contributed by atoms with Gasteiger partial charge in [0.15, 0.2) is 0 Å². The molecule has 6 heteroatoms. The number of amides is 2. The smallest absolute Gasteiger partial charge is 0.323 e. The van der Waals surface area contributed by atoms with Crippen molar-refractivity contribution >= 4 is 35.1 Å².